The van der Waals surface area contributed by atoms with Gasteiger partial charge in [-0.15, -0.1) is 0 Å². The first-order valence-corrected chi connectivity index (χ1v) is 6.60. The number of carboxylic acid groups (broad SMARTS) is 1. The Morgan fingerprint density at radius 1 is 1.20 bits per heavy atom. The van der Waals surface area contributed by atoms with E-state index in [1.165, 1.54) is 4.90 Å². The number of nitrogens with zero attached hydrogens (tertiary/aromatic N) is 1. The molecule has 2 N–H and O–H groups in total. The normalized spacial score (nSPS) is 12.4. The SMILES string of the molecule is CCN(CC)C(=O)CC(NC(=O)OC(C)(C)C)C(=O)O. The molecule has 1 atom stereocenters. The smallest absolute Gasteiger partial charge is 0.408 e. The Morgan fingerprint density at radius 2 is 1.70 bits per heavy atom. The molecule has 2 amide bonds. The van der Waals surface area contributed by atoms with Crippen molar-refractivity contribution in [2.24, 2.45) is 0 Å². The molecule has 0 aromatic heterocycles. The number of carbonyl (C=O) groups is 3. The summed E-state index contributed by atoms with van der Waals surface area (Å²) in [5.41, 5.74) is -0.726. The number of carboxylic acids is 1. The second kappa shape index (κ2) is 7.72. The number of carbonyl (C=O) groups excluding carboxylic acids is 2. The number of nitrogens with one attached hydrogen (secondary N) is 1. The Bertz CT molecular complexity index is 358. The van der Waals surface area contributed by atoms with Gasteiger partial charge in [0.25, 0.3) is 0 Å². The van der Waals surface area contributed by atoms with Gasteiger partial charge in [0.2, 0.25) is 5.91 Å². The van der Waals surface area contributed by atoms with Crippen molar-refractivity contribution in [1.29, 1.82) is 0 Å². The third kappa shape index (κ3) is 6.96. The van der Waals surface area contributed by atoms with E-state index < -0.39 is 23.7 Å². The van der Waals surface area contributed by atoms with E-state index in [0.717, 1.165) is 0 Å². The fraction of sp³-hybridized carbons (Fsp3) is 0.769. The van der Waals surface area contributed by atoms with Crippen molar-refractivity contribution in [3.63, 3.8) is 0 Å². The van der Waals surface area contributed by atoms with Gasteiger partial charge >= 0.3 is 12.1 Å². The van der Waals surface area contributed by atoms with Crippen molar-refractivity contribution < 1.29 is 24.2 Å². The summed E-state index contributed by atoms with van der Waals surface area (Å²) in [6.45, 7) is 9.61. The van der Waals surface area contributed by atoms with Gasteiger partial charge in [0, 0.05) is 13.1 Å². The monoisotopic (exact) mass is 288 g/mol. The summed E-state index contributed by atoms with van der Waals surface area (Å²) in [7, 11) is 0. The number of hydrogen-bond donors (Lipinski definition) is 2. The third-order valence-corrected chi connectivity index (χ3v) is 2.48. The Morgan fingerprint density at radius 3 is 2.05 bits per heavy atom. The van der Waals surface area contributed by atoms with Crippen LogP contribution in [-0.4, -0.2) is 52.7 Å². The fourth-order valence-corrected chi connectivity index (χ4v) is 1.53. The van der Waals surface area contributed by atoms with Gasteiger partial charge in [-0.1, -0.05) is 0 Å². The minimum atomic E-state index is -1.29. The van der Waals surface area contributed by atoms with E-state index in [4.69, 9.17) is 9.84 Å². The van der Waals surface area contributed by atoms with Crippen LogP contribution in [0.5, 0.6) is 0 Å². The lowest BCUT2D eigenvalue weighted by molar-refractivity contribution is -0.143. The van der Waals surface area contributed by atoms with Crippen LogP contribution in [0, 0.1) is 0 Å². The van der Waals surface area contributed by atoms with Crippen LogP contribution in [0.3, 0.4) is 0 Å². The predicted molar refractivity (Wildman–Crippen MR) is 73.3 cm³/mol. The molecule has 0 aromatic rings. The molecule has 7 nitrogen and oxygen atoms in total. The lowest BCUT2D eigenvalue weighted by atomic mass is 10.2. The van der Waals surface area contributed by atoms with Crippen molar-refractivity contribution in [1.82, 2.24) is 10.2 Å². The van der Waals surface area contributed by atoms with Crippen molar-refractivity contribution in [3.8, 4) is 0 Å². The van der Waals surface area contributed by atoms with E-state index in [0.29, 0.717) is 13.1 Å². The average molecular weight is 288 g/mol. The van der Waals surface area contributed by atoms with Gasteiger partial charge in [0.15, 0.2) is 0 Å². The zero-order chi connectivity index (χ0) is 15.9. The van der Waals surface area contributed by atoms with E-state index in [1.54, 1.807) is 34.6 Å². The second-order valence-electron chi connectivity index (χ2n) is 5.31. The van der Waals surface area contributed by atoms with Crippen molar-refractivity contribution >= 4 is 18.0 Å². The van der Waals surface area contributed by atoms with E-state index in [2.05, 4.69) is 5.32 Å². The zero-order valence-electron chi connectivity index (χ0n) is 12.7. The van der Waals surface area contributed by atoms with Crippen LogP contribution >= 0.6 is 0 Å². The summed E-state index contributed by atoms with van der Waals surface area (Å²) in [4.78, 5) is 36.0. The molecule has 0 saturated heterocycles. The minimum absolute atomic E-state index is 0.295. The summed E-state index contributed by atoms with van der Waals surface area (Å²) >= 11 is 0. The second-order valence-corrected chi connectivity index (χ2v) is 5.31. The molecule has 1 unspecified atom stereocenters. The minimum Gasteiger partial charge on any atom is -0.480 e. The highest BCUT2D eigenvalue weighted by molar-refractivity contribution is 5.87. The number of amides is 2. The Labute approximate surface area is 119 Å². The molecule has 0 spiro atoms. The predicted octanol–water partition coefficient (Wildman–Crippen LogP) is 1.22. The summed E-state index contributed by atoms with van der Waals surface area (Å²) in [6, 6.07) is -1.29. The van der Waals surface area contributed by atoms with Gasteiger partial charge in [-0.05, 0) is 34.6 Å². The highest BCUT2D eigenvalue weighted by atomic mass is 16.6. The van der Waals surface area contributed by atoms with E-state index in [1.807, 2.05) is 0 Å². The molecule has 0 rings (SSSR count). The van der Waals surface area contributed by atoms with E-state index >= 15 is 0 Å². The van der Waals surface area contributed by atoms with Gasteiger partial charge in [0.1, 0.15) is 11.6 Å². The molecule has 0 bridgehead atoms. The fourth-order valence-electron chi connectivity index (χ4n) is 1.53. The molecule has 116 valence electrons. The van der Waals surface area contributed by atoms with Gasteiger partial charge in [0.05, 0.1) is 6.42 Å². The van der Waals surface area contributed by atoms with Crippen LogP contribution in [-0.2, 0) is 14.3 Å². The van der Waals surface area contributed by atoms with Crippen LogP contribution in [0.2, 0.25) is 0 Å². The maximum atomic E-state index is 11.9. The number of hydrogen-bond acceptors (Lipinski definition) is 4. The maximum absolute atomic E-state index is 11.9. The van der Waals surface area contributed by atoms with Crippen LogP contribution in [0.4, 0.5) is 4.79 Å². The molecule has 0 saturated carbocycles. The van der Waals surface area contributed by atoms with Crippen LogP contribution < -0.4 is 5.32 Å². The first-order valence-electron chi connectivity index (χ1n) is 6.60. The van der Waals surface area contributed by atoms with E-state index in [9.17, 15) is 14.4 Å². The Kier molecular flexibility index (Phi) is 7.02. The topological polar surface area (TPSA) is 95.9 Å². The standard InChI is InChI=1S/C13H24N2O5/c1-6-15(7-2)10(16)8-9(11(17)18)14-12(19)20-13(3,4)5/h9H,6-8H2,1-5H3,(H,14,19)(H,17,18). The lowest BCUT2D eigenvalue weighted by Gasteiger charge is -2.23. The van der Waals surface area contributed by atoms with E-state index in [-0.39, 0.29) is 12.3 Å². The number of ether oxygens (including phenoxy) is 1. The number of rotatable bonds is 6. The van der Waals surface area contributed by atoms with Gasteiger partial charge < -0.3 is 20.1 Å². The lowest BCUT2D eigenvalue weighted by Crippen LogP contribution is -2.46. The van der Waals surface area contributed by atoms with Crippen molar-refractivity contribution in [3.05, 3.63) is 0 Å². The Balaban J connectivity index is 4.63. The number of alkyl carbamates (subject to hydrolysis) is 1. The largest absolute Gasteiger partial charge is 0.480 e. The maximum Gasteiger partial charge on any atom is 0.408 e. The molecule has 0 heterocycles. The first kappa shape index (κ1) is 18.2. The molecule has 0 aliphatic carbocycles. The molecule has 0 aliphatic rings. The van der Waals surface area contributed by atoms with Crippen molar-refractivity contribution in [2.45, 2.75) is 52.7 Å². The van der Waals surface area contributed by atoms with Crippen molar-refractivity contribution in [2.75, 3.05) is 13.1 Å². The average Bonchev–Trinajstić information content (AvgIpc) is 2.26. The number of aliphatic carboxylic acids is 1. The molecule has 0 aromatic carbocycles. The summed E-state index contributed by atoms with van der Waals surface area (Å²) in [5.74, 6) is -1.59. The molecule has 20 heavy (non-hydrogen) atoms. The van der Waals surface area contributed by atoms with Crippen LogP contribution in [0.25, 0.3) is 0 Å². The summed E-state index contributed by atoms with van der Waals surface area (Å²) in [6.07, 6.45) is -1.15. The molecule has 0 fully saturated rings. The summed E-state index contributed by atoms with van der Waals surface area (Å²) in [5, 5.41) is 11.3. The zero-order valence-corrected chi connectivity index (χ0v) is 12.7. The van der Waals surface area contributed by atoms with Gasteiger partial charge in [-0.2, -0.15) is 0 Å². The van der Waals surface area contributed by atoms with Gasteiger partial charge in [-0.25, -0.2) is 9.59 Å². The van der Waals surface area contributed by atoms with Crippen LogP contribution in [0.1, 0.15) is 41.0 Å². The molecule has 0 radical (unpaired) electrons. The Hall–Kier alpha value is -1.79. The third-order valence-electron chi connectivity index (χ3n) is 2.48. The highest BCUT2D eigenvalue weighted by Gasteiger charge is 2.27. The molecular weight excluding hydrogens is 264 g/mol. The molecule has 7 heteroatoms. The molecular formula is C13H24N2O5. The molecule has 0 aliphatic heterocycles. The van der Waals surface area contributed by atoms with Gasteiger partial charge in [-0.3, -0.25) is 4.79 Å². The first-order chi connectivity index (χ1) is 9.10. The summed E-state index contributed by atoms with van der Waals surface area (Å²) < 4.78 is 4.97. The van der Waals surface area contributed by atoms with Crippen LogP contribution in [0.15, 0.2) is 0 Å². The quantitative estimate of drug-likeness (QED) is 0.766. The highest BCUT2D eigenvalue weighted by Crippen LogP contribution is 2.08.